The number of aromatic nitrogens is 1. The van der Waals surface area contributed by atoms with Crippen LogP contribution in [-0.4, -0.2) is 48.2 Å². The maximum atomic E-state index is 10.8. The van der Waals surface area contributed by atoms with Crippen molar-refractivity contribution >= 4 is 22.3 Å². The summed E-state index contributed by atoms with van der Waals surface area (Å²) in [5.74, 6) is 0.804. The molecular formula is C28H32N4O2. The highest BCUT2D eigenvalue weighted by atomic mass is 16.5. The van der Waals surface area contributed by atoms with Crippen LogP contribution in [0.25, 0.3) is 10.9 Å². The zero-order valence-electron chi connectivity index (χ0n) is 19.7. The lowest BCUT2D eigenvalue weighted by molar-refractivity contribution is 0.204. The Balaban J connectivity index is 1.21. The fourth-order valence-corrected chi connectivity index (χ4v) is 4.51. The molecule has 3 N–H and O–H groups in total. The molecule has 176 valence electrons. The number of hydrogen-bond donors (Lipinski definition) is 3. The molecule has 0 radical (unpaired) electrons. The Kier molecular flexibility index (Phi) is 6.43. The maximum Gasteiger partial charge on any atom is 0.165 e. The maximum absolute atomic E-state index is 10.8. The number of H-pyrrole nitrogens is 1. The highest BCUT2D eigenvalue weighted by Crippen LogP contribution is 2.28. The number of anilines is 2. The summed E-state index contributed by atoms with van der Waals surface area (Å²) in [5, 5.41) is 15.0. The van der Waals surface area contributed by atoms with E-state index in [2.05, 4.69) is 46.3 Å². The van der Waals surface area contributed by atoms with E-state index < -0.39 is 6.23 Å². The molecule has 3 aromatic carbocycles. The van der Waals surface area contributed by atoms with Crippen molar-refractivity contribution in [2.75, 3.05) is 37.4 Å². The second-order valence-corrected chi connectivity index (χ2v) is 9.19. The first kappa shape index (κ1) is 22.3. The monoisotopic (exact) mass is 456 g/mol. The molecule has 6 heteroatoms. The topological polar surface area (TPSA) is 63.8 Å². The smallest absolute Gasteiger partial charge is 0.165 e. The van der Waals surface area contributed by atoms with Crippen molar-refractivity contribution in [3.63, 3.8) is 0 Å². The van der Waals surface area contributed by atoms with Gasteiger partial charge in [0.15, 0.2) is 6.23 Å². The van der Waals surface area contributed by atoms with Crippen LogP contribution in [0.15, 0.2) is 78.9 Å². The van der Waals surface area contributed by atoms with Crippen molar-refractivity contribution in [3.05, 3.63) is 90.1 Å². The minimum absolute atomic E-state index is 0.525. The van der Waals surface area contributed by atoms with Crippen molar-refractivity contribution in [1.29, 1.82) is 0 Å². The molecule has 2 unspecified atom stereocenters. The first-order chi connectivity index (χ1) is 16.5. The van der Waals surface area contributed by atoms with Gasteiger partial charge in [0.05, 0.1) is 5.69 Å². The van der Waals surface area contributed by atoms with Gasteiger partial charge in [-0.1, -0.05) is 30.3 Å². The van der Waals surface area contributed by atoms with Crippen molar-refractivity contribution in [2.45, 2.75) is 25.3 Å². The zero-order chi connectivity index (χ0) is 23.5. The quantitative estimate of drug-likeness (QED) is 0.326. The summed E-state index contributed by atoms with van der Waals surface area (Å²) in [7, 11) is 4.29. The lowest BCUT2D eigenvalue weighted by Crippen LogP contribution is -2.31. The molecule has 1 aromatic heterocycles. The first-order valence-electron chi connectivity index (χ1n) is 11.8. The van der Waals surface area contributed by atoms with E-state index in [0.29, 0.717) is 18.3 Å². The lowest BCUT2D eigenvalue weighted by Gasteiger charge is -2.22. The van der Waals surface area contributed by atoms with E-state index in [-0.39, 0.29) is 0 Å². The standard InChI is InChI=1S/C28H32N4O2/c1-31(2)24-14-15-32(18-24)23-10-8-22(9-11-23)29-28(33)27-17-21-16-25(12-13-26(21)30-27)34-19-20-6-4-3-5-7-20/h3-13,16-17,24,28-30,33H,14-15,18-19H2,1-2H3. The van der Waals surface area contributed by atoms with Crippen molar-refractivity contribution in [3.8, 4) is 5.75 Å². The minimum Gasteiger partial charge on any atom is -0.489 e. The molecule has 34 heavy (non-hydrogen) atoms. The average molecular weight is 457 g/mol. The van der Waals surface area contributed by atoms with Gasteiger partial charge in [0, 0.05) is 41.4 Å². The van der Waals surface area contributed by atoms with E-state index in [0.717, 1.165) is 41.0 Å². The molecule has 4 aromatic rings. The molecule has 2 heterocycles. The predicted molar refractivity (Wildman–Crippen MR) is 138 cm³/mol. The molecule has 5 rings (SSSR count). The van der Waals surface area contributed by atoms with E-state index in [1.807, 2.05) is 66.7 Å². The second-order valence-electron chi connectivity index (χ2n) is 9.19. The third kappa shape index (κ3) is 5.03. The summed E-state index contributed by atoms with van der Waals surface area (Å²) in [6.45, 7) is 2.65. The van der Waals surface area contributed by atoms with Crippen LogP contribution in [-0.2, 0) is 6.61 Å². The highest BCUT2D eigenvalue weighted by Gasteiger charge is 2.24. The Bertz CT molecular complexity index is 1220. The third-order valence-electron chi connectivity index (χ3n) is 6.59. The van der Waals surface area contributed by atoms with Gasteiger partial charge in [-0.05, 0) is 74.6 Å². The molecule has 0 saturated carbocycles. The number of nitrogens with one attached hydrogen (secondary N) is 2. The Labute approximate surface area is 200 Å². The van der Waals surface area contributed by atoms with Gasteiger partial charge >= 0.3 is 0 Å². The molecule has 1 saturated heterocycles. The van der Waals surface area contributed by atoms with E-state index in [1.165, 1.54) is 12.1 Å². The minimum atomic E-state index is -0.836. The van der Waals surface area contributed by atoms with Gasteiger partial charge in [0.1, 0.15) is 12.4 Å². The van der Waals surface area contributed by atoms with Crippen LogP contribution >= 0.6 is 0 Å². The molecule has 6 nitrogen and oxygen atoms in total. The van der Waals surface area contributed by atoms with E-state index in [1.54, 1.807) is 0 Å². The van der Waals surface area contributed by atoms with Gasteiger partial charge < -0.3 is 29.9 Å². The molecule has 2 atom stereocenters. The van der Waals surface area contributed by atoms with Crippen LogP contribution in [0.3, 0.4) is 0 Å². The van der Waals surface area contributed by atoms with E-state index in [9.17, 15) is 5.11 Å². The number of nitrogens with zero attached hydrogens (tertiary/aromatic N) is 2. The van der Waals surface area contributed by atoms with Gasteiger partial charge in [0.25, 0.3) is 0 Å². The third-order valence-corrected chi connectivity index (χ3v) is 6.59. The van der Waals surface area contributed by atoms with E-state index >= 15 is 0 Å². The Morgan fingerprint density at radius 2 is 1.85 bits per heavy atom. The predicted octanol–water partition coefficient (Wildman–Crippen LogP) is 4.99. The number of aromatic amines is 1. The van der Waals surface area contributed by atoms with Gasteiger partial charge in [-0.25, -0.2) is 0 Å². The number of rotatable bonds is 8. The molecule has 1 aliphatic rings. The number of ether oxygens (including phenoxy) is 1. The normalized spacial score (nSPS) is 16.8. The number of benzene rings is 3. The Hall–Kier alpha value is -3.48. The fraction of sp³-hybridized carbons (Fsp3) is 0.286. The first-order valence-corrected chi connectivity index (χ1v) is 11.8. The summed E-state index contributed by atoms with van der Waals surface area (Å²) in [5.41, 5.74) is 4.91. The fourth-order valence-electron chi connectivity index (χ4n) is 4.51. The molecule has 1 aliphatic heterocycles. The van der Waals surface area contributed by atoms with E-state index in [4.69, 9.17) is 4.74 Å². The van der Waals surface area contributed by atoms with Crippen LogP contribution in [0.1, 0.15) is 23.9 Å². The Morgan fingerprint density at radius 3 is 2.59 bits per heavy atom. The van der Waals surface area contributed by atoms with Gasteiger partial charge in [-0.3, -0.25) is 0 Å². The number of fused-ring (bicyclic) bond motifs is 1. The summed E-state index contributed by atoms with van der Waals surface area (Å²) in [6, 6.07) is 26.9. The molecule has 1 fully saturated rings. The van der Waals surface area contributed by atoms with Gasteiger partial charge in [0.2, 0.25) is 0 Å². The number of likely N-dealkylation sites (N-methyl/N-ethyl adjacent to an activating group) is 1. The number of aliphatic hydroxyl groups excluding tert-OH is 1. The van der Waals surface area contributed by atoms with Crippen LogP contribution < -0.4 is 15.0 Å². The average Bonchev–Trinajstić information content (AvgIpc) is 3.51. The highest BCUT2D eigenvalue weighted by molar-refractivity contribution is 5.82. The van der Waals surface area contributed by atoms with Crippen LogP contribution in [0, 0.1) is 0 Å². The summed E-state index contributed by atoms with van der Waals surface area (Å²) >= 11 is 0. The number of aliphatic hydroxyl groups is 1. The summed E-state index contributed by atoms with van der Waals surface area (Å²) < 4.78 is 5.94. The van der Waals surface area contributed by atoms with Crippen molar-refractivity contribution < 1.29 is 9.84 Å². The van der Waals surface area contributed by atoms with Gasteiger partial charge in [-0.2, -0.15) is 0 Å². The van der Waals surface area contributed by atoms with Crippen molar-refractivity contribution in [2.24, 2.45) is 0 Å². The summed E-state index contributed by atoms with van der Waals surface area (Å²) in [6.07, 6.45) is 0.349. The molecular weight excluding hydrogens is 424 g/mol. The molecule has 0 aliphatic carbocycles. The van der Waals surface area contributed by atoms with Crippen molar-refractivity contribution in [1.82, 2.24) is 9.88 Å². The number of hydrogen-bond acceptors (Lipinski definition) is 5. The van der Waals surface area contributed by atoms with Gasteiger partial charge in [-0.15, -0.1) is 0 Å². The van der Waals surface area contributed by atoms with Crippen LogP contribution in [0.2, 0.25) is 0 Å². The largest absolute Gasteiger partial charge is 0.489 e. The van der Waals surface area contributed by atoms with Crippen LogP contribution in [0.5, 0.6) is 5.75 Å². The Morgan fingerprint density at radius 1 is 1.06 bits per heavy atom. The SMILES string of the molecule is CN(C)C1CCN(c2ccc(NC(O)c3cc4cc(OCc5ccccc5)ccc4[nH]3)cc2)C1. The molecule has 0 spiro atoms. The lowest BCUT2D eigenvalue weighted by atomic mass is 10.2. The van der Waals surface area contributed by atoms with Crippen LogP contribution in [0.4, 0.5) is 11.4 Å². The molecule has 0 bridgehead atoms. The second kappa shape index (κ2) is 9.79. The molecule has 0 amide bonds. The summed E-state index contributed by atoms with van der Waals surface area (Å²) in [4.78, 5) is 8.02. The zero-order valence-corrected chi connectivity index (χ0v) is 19.7.